The largest absolute Gasteiger partial charge is 0.305 e. The zero-order valence-electron chi connectivity index (χ0n) is 16.8. The normalized spacial score (nSPS) is 18.0. The summed E-state index contributed by atoms with van der Waals surface area (Å²) in [5, 5.41) is 4.17. The molecule has 0 bridgehead atoms. The third-order valence-corrected chi connectivity index (χ3v) is 6.92. The van der Waals surface area contributed by atoms with Gasteiger partial charge in [0.2, 0.25) is 16.6 Å². The fourth-order valence-corrected chi connectivity index (χ4v) is 5.15. The summed E-state index contributed by atoms with van der Waals surface area (Å²) in [5.41, 5.74) is 4.28. The molecule has 2 heterocycles. The third-order valence-electron chi connectivity index (χ3n) is 4.96. The van der Waals surface area contributed by atoms with Crippen LogP contribution in [0.3, 0.4) is 0 Å². The molecule has 1 amide bonds. The average Bonchev–Trinajstić information content (AvgIpc) is 3.16. The first-order chi connectivity index (χ1) is 13.9. The van der Waals surface area contributed by atoms with Gasteiger partial charge in [-0.2, -0.15) is 14.0 Å². The van der Waals surface area contributed by atoms with Crippen LogP contribution in [-0.2, 0) is 21.4 Å². The fourth-order valence-electron chi connectivity index (χ4n) is 3.46. The lowest BCUT2D eigenvalue weighted by molar-refractivity contribution is -0.684. The second-order valence-corrected chi connectivity index (χ2v) is 9.25. The maximum absolute atomic E-state index is 13.0. The second kappa shape index (κ2) is 9.28. The van der Waals surface area contributed by atoms with E-state index >= 15 is 0 Å². The van der Waals surface area contributed by atoms with Crippen LogP contribution in [0.4, 0.5) is 0 Å². The van der Waals surface area contributed by atoms with Gasteiger partial charge in [0.15, 0.2) is 12.4 Å². The molecule has 1 aromatic heterocycles. The number of carbonyl (C=O) groups is 1. The highest BCUT2D eigenvalue weighted by molar-refractivity contribution is 7.89. The van der Waals surface area contributed by atoms with Gasteiger partial charge in [-0.3, -0.25) is 4.79 Å². The molecule has 1 atom stereocenters. The minimum absolute atomic E-state index is 0.148. The van der Waals surface area contributed by atoms with Crippen LogP contribution in [-0.4, -0.2) is 36.9 Å². The minimum atomic E-state index is -3.53. The van der Waals surface area contributed by atoms with Crippen LogP contribution in [0, 0.1) is 6.92 Å². The Kier molecular flexibility index (Phi) is 6.76. The van der Waals surface area contributed by atoms with Gasteiger partial charge in [0.1, 0.15) is 0 Å². The Morgan fingerprint density at radius 1 is 1.21 bits per heavy atom. The van der Waals surface area contributed by atoms with Crippen LogP contribution in [0.15, 0.2) is 64.9 Å². The Bertz CT molecular complexity index is 973. The molecule has 1 saturated heterocycles. The number of amides is 1. The van der Waals surface area contributed by atoms with Crippen molar-refractivity contribution in [1.29, 1.82) is 0 Å². The Morgan fingerprint density at radius 2 is 1.90 bits per heavy atom. The van der Waals surface area contributed by atoms with E-state index in [0.717, 1.165) is 18.4 Å². The first-order valence-electron chi connectivity index (χ1n) is 9.71. The van der Waals surface area contributed by atoms with Crippen molar-refractivity contribution in [3.8, 4) is 0 Å². The number of carbonyl (C=O) groups excluding carboxylic acids is 1. The third kappa shape index (κ3) is 5.48. The maximum Gasteiger partial charge on any atom is 0.305 e. The first-order valence-corrected chi connectivity index (χ1v) is 11.1. The molecule has 1 N–H and O–H groups in total. The van der Waals surface area contributed by atoms with Crippen molar-refractivity contribution >= 4 is 21.6 Å². The first kappa shape index (κ1) is 21.1. The molecule has 0 spiro atoms. The Labute approximate surface area is 172 Å². The smallest absolute Gasteiger partial charge is 0.266 e. The second-order valence-electron chi connectivity index (χ2n) is 7.36. The van der Waals surface area contributed by atoms with Crippen LogP contribution in [0.25, 0.3) is 0 Å². The number of benzene rings is 1. The summed E-state index contributed by atoms with van der Waals surface area (Å²) in [6.07, 6.45) is 5.71. The number of hydrogen-bond acceptors (Lipinski definition) is 4. The van der Waals surface area contributed by atoms with E-state index in [9.17, 15) is 13.2 Å². The van der Waals surface area contributed by atoms with Crippen LogP contribution < -0.4 is 9.99 Å². The summed E-state index contributed by atoms with van der Waals surface area (Å²) in [6, 6.07) is 12.4. The number of nitrogens with one attached hydrogen (secondary N) is 1. The number of hydrogen-bond donors (Lipinski definition) is 1. The van der Waals surface area contributed by atoms with Gasteiger partial charge in [-0.05, 0) is 38.8 Å². The van der Waals surface area contributed by atoms with E-state index in [1.807, 2.05) is 56.6 Å². The molecule has 0 saturated carbocycles. The van der Waals surface area contributed by atoms with Gasteiger partial charge >= 0.3 is 5.91 Å². The van der Waals surface area contributed by atoms with Crippen molar-refractivity contribution in [1.82, 2.24) is 9.73 Å². The summed E-state index contributed by atoms with van der Waals surface area (Å²) in [6.45, 7) is 4.42. The molecule has 29 heavy (non-hydrogen) atoms. The van der Waals surface area contributed by atoms with Gasteiger partial charge in [0.25, 0.3) is 0 Å². The van der Waals surface area contributed by atoms with E-state index in [4.69, 9.17) is 0 Å². The van der Waals surface area contributed by atoms with E-state index in [1.165, 1.54) is 0 Å². The van der Waals surface area contributed by atoms with Gasteiger partial charge in [0.05, 0.1) is 4.90 Å². The Hall–Kier alpha value is -2.58. The molecule has 154 valence electrons. The highest BCUT2D eigenvalue weighted by atomic mass is 32.2. The molecule has 1 aromatic carbocycles. The zero-order chi connectivity index (χ0) is 20.9. The summed E-state index contributed by atoms with van der Waals surface area (Å²) in [7, 11) is -3.53. The van der Waals surface area contributed by atoms with Crippen LogP contribution in [0.1, 0.15) is 31.7 Å². The number of hydrazone groups is 1. The van der Waals surface area contributed by atoms with Crippen molar-refractivity contribution in [2.24, 2.45) is 5.10 Å². The number of aromatic nitrogens is 1. The van der Waals surface area contributed by atoms with Crippen LogP contribution in [0.2, 0.25) is 0 Å². The Balaban J connectivity index is 1.61. The number of rotatable bonds is 7. The summed E-state index contributed by atoms with van der Waals surface area (Å²) < 4.78 is 29.4. The molecular formula is C21H27N4O3S+. The molecule has 1 aliphatic rings. The highest BCUT2D eigenvalue weighted by Gasteiger charge is 2.35. The summed E-state index contributed by atoms with van der Waals surface area (Å²) in [4.78, 5) is 12.4. The monoisotopic (exact) mass is 415 g/mol. The van der Waals surface area contributed by atoms with E-state index in [-0.39, 0.29) is 18.5 Å². The van der Waals surface area contributed by atoms with Crippen LogP contribution >= 0.6 is 0 Å². The quantitative estimate of drug-likeness (QED) is 0.427. The fraction of sp³-hybridized carbons (Fsp3) is 0.381. The molecule has 0 radical (unpaired) electrons. The Morgan fingerprint density at radius 3 is 2.59 bits per heavy atom. The molecule has 1 fully saturated rings. The molecule has 7 nitrogen and oxygen atoms in total. The molecule has 3 rings (SSSR count). The highest BCUT2D eigenvalue weighted by Crippen LogP contribution is 2.28. The molecule has 1 aliphatic heterocycles. The predicted molar refractivity (Wildman–Crippen MR) is 111 cm³/mol. The van der Waals surface area contributed by atoms with Crippen LogP contribution in [0.5, 0.6) is 0 Å². The van der Waals surface area contributed by atoms with Gasteiger partial charge in [-0.25, -0.2) is 13.8 Å². The van der Waals surface area contributed by atoms with E-state index in [1.54, 1.807) is 21.0 Å². The van der Waals surface area contributed by atoms with Gasteiger partial charge in [0, 0.05) is 36.9 Å². The number of sulfonamides is 1. The van der Waals surface area contributed by atoms with Crippen molar-refractivity contribution in [3.05, 3.63) is 60.4 Å². The lowest BCUT2D eigenvalue weighted by Crippen LogP contribution is -2.41. The number of nitrogens with zero attached hydrogens (tertiary/aromatic N) is 3. The molecule has 1 unspecified atom stereocenters. The predicted octanol–water partition coefficient (Wildman–Crippen LogP) is 2.02. The molecular weight excluding hydrogens is 388 g/mol. The zero-order valence-corrected chi connectivity index (χ0v) is 17.6. The van der Waals surface area contributed by atoms with Gasteiger partial charge < -0.3 is 0 Å². The summed E-state index contributed by atoms with van der Waals surface area (Å²) in [5.74, 6) is -0.226. The number of aryl methyl sites for hydroxylation is 1. The van der Waals surface area contributed by atoms with Crippen molar-refractivity contribution in [2.75, 3.05) is 6.54 Å². The van der Waals surface area contributed by atoms with Crippen molar-refractivity contribution in [3.63, 3.8) is 0 Å². The molecule has 2 aromatic rings. The number of pyridine rings is 1. The van der Waals surface area contributed by atoms with E-state index in [0.29, 0.717) is 23.6 Å². The standard InChI is InChI=1S/C21H26N4O3S/c1-17-8-10-20(11-9-17)29(27,28)25-14-6-7-19(25)15-18(2)22-23-21(26)16-24-12-4-3-5-13-24/h3-5,8-13,19H,6-7,14-16H2,1-2H3/p+1/b22-18+. The average molecular weight is 416 g/mol. The molecule has 0 aliphatic carbocycles. The van der Waals surface area contributed by atoms with Crippen molar-refractivity contribution < 1.29 is 17.8 Å². The van der Waals surface area contributed by atoms with Gasteiger partial charge in [-0.15, -0.1) is 0 Å². The van der Waals surface area contributed by atoms with E-state index in [2.05, 4.69) is 10.5 Å². The lowest BCUT2D eigenvalue weighted by Gasteiger charge is -2.24. The van der Waals surface area contributed by atoms with E-state index < -0.39 is 10.0 Å². The lowest BCUT2D eigenvalue weighted by atomic mass is 10.1. The van der Waals surface area contributed by atoms with Gasteiger partial charge in [-0.1, -0.05) is 23.8 Å². The molecule has 8 heteroatoms. The topological polar surface area (TPSA) is 82.7 Å². The summed E-state index contributed by atoms with van der Waals surface area (Å²) >= 11 is 0. The SMILES string of the molecule is C/C(CC1CCCN1S(=O)(=O)c1ccc(C)cc1)=N\NC(=O)C[n+]1ccccc1. The van der Waals surface area contributed by atoms with Crippen molar-refractivity contribution in [2.45, 2.75) is 50.6 Å². The minimum Gasteiger partial charge on any atom is -0.266 e. The maximum atomic E-state index is 13.0.